The van der Waals surface area contributed by atoms with Gasteiger partial charge in [-0.25, -0.2) is 5.43 Å². The molecule has 4 aliphatic carbocycles. The normalized spacial score (nSPS) is 32.2. The Kier molecular flexibility index (Phi) is 4.56. The minimum atomic E-state index is -0.00194. The summed E-state index contributed by atoms with van der Waals surface area (Å²) in [6.45, 7) is 6.40. The van der Waals surface area contributed by atoms with Crippen molar-refractivity contribution in [1.82, 2.24) is 5.43 Å². The Hall–Kier alpha value is -1.84. The van der Waals surface area contributed by atoms with Crippen molar-refractivity contribution < 1.29 is 9.90 Å². The summed E-state index contributed by atoms with van der Waals surface area (Å²) in [6, 6.07) is 5.56. The smallest absolute Gasteiger partial charge is 0.240 e. The second-order valence-corrected chi connectivity index (χ2v) is 10.4. The van der Waals surface area contributed by atoms with Crippen LogP contribution in [0.1, 0.15) is 76.8 Å². The molecular weight excluding hydrogens is 336 g/mol. The van der Waals surface area contributed by atoms with E-state index in [1.807, 2.05) is 12.1 Å². The zero-order valence-corrected chi connectivity index (χ0v) is 16.8. The minimum absolute atomic E-state index is 0.00194. The van der Waals surface area contributed by atoms with Gasteiger partial charge >= 0.3 is 0 Å². The number of phenols is 1. The zero-order chi connectivity index (χ0) is 19.2. The van der Waals surface area contributed by atoms with E-state index in [1.165, 1.54) is 38.5 Å². The molecule has 0 spiro atoms. The molecule has 4 heteroatoms. The second-order valence-electron chi connectivity index (χ2n) is 10.4. The predicted octanol–water partition coefficient (Wildman–Crippen LogP) is 4.75. The molecule has 1 aromatic rings. The van der Waals surface area contributed by atoms with Crippen LogP contribution < -0.4 is 5.43 Å². The Balaban J connectivity index is 1.38. The molecule has 0 saturated heterocycles. The van der Waals surface area contributed by atoms with Gasteiger partial charge in [-0.2, -0.15) is 5.10 Å². The van der Waals surface area contributed by atoms with Crippen LogP contribution >= 0.6 is 0 Å². The molecule has 0 unspecified atom stereocenters. The highest BCUT2D eigenvalue weighted by atomic mass is 16.3. The van der Waals surface area contributed by atoms with Crippen molar-refractivity contribution in [2.24, 2.45) is 28.3 Å². The highest BCUT2D eigenvalue weighted by molar-refractivity contribution is 5.85. The van der Waals surface area contributed by atoms with Crippen molar-refractivity contribution in [3.63, 3.8) is 0 Å². The average molecular weight is 369 g/mol. The van der Waals surface area contributed by atoms with Gasteiger partial charge in [0.1, 0.15) is 5.75 Å². The van der Waals surface area contributed by atoms with Crippen LogP contribution in [-0.2, 0) is 10.2 Å². The summed E-state index contributed by atoms with van der Waals surface area (Å²) in [5.41, 5.74) is 4.70. The van der Waals surface area contributed by atoms with Crippen LogP contribution in [0.2, 0.25) is 0 Å². The lowest BCUT2D eigenvalue weighted by Crippen LogP contribution is -2.47. The summed E-state index contributed by atoms with van der Waals surface area (Å²) in [7, 11) is 0. The quantitative estimate of drug-likeness (QED) is 0.595. The molecule has 0 heterocycles. The van der Waals surface area contributed by atoms with Crippen LogP contribution in [0.4, 0.5) is 0 Å². The number of carbonyl (C=O) groups excluding carboxylic acids is 1. The summed E-state index contributed by atoms with van der Waals surface area (Å²) >= 11 is 0. The third kappa shape index (κ3) is 3.90. The summed E-state index contributed by atoms with van der Waals surface area (Å²) in [6.07, 6.45) is 10.0. The Morgan fingerprint density at radius 1 is 1.19 bits per heavy atom. The van der Waals surface area contributed by atoms with E-state index in [0.717, 1.165) is 23.3 Å². The first kappa shape index (κ1) is 18.5. The predicted molar refractivity (Wildman–Crippen MR) is 108 cm³/mol. The molecule has 4 aliphatic rings. The summed E-state index contributed by atoms with van der Waals surface area (Å²) in [5.74, 6) is 2.75. The van der Waals surface area contributed by atoms with Crippen LogP contribution in [0.15, 0.2) is 23.3 Å². The molecule has 2 N–H and O–H groups in total. The Morgan fingerprint density at radius 2 is 1.78 bits per heavy atom. The Morgan fingerprint density at radius 3 is 2.33 bits per heavy atom. The van der Waals surface area contributed by atoms with E-state index in [0.29, 0.717) is 12.0 Å². The number of nitrogens with zero attached hydrogens (tertiary/aromatic N) is 1. The van der Waals surface area contributed by atoms with Crippen molar-refractivity contribution in [3.05, 3.63) is 29.3 Å². The Labute approximate surface area is 162 Å². The number of carbonyl (C=O) groups is 1. The van der Waals surface area contributed by atoms with E-state index in [9.17, 15) is 9.90 Å². The fraction of sp³-hybridized carbons (Fsp3) is 0.652. The number of phenolic OH excluding ortho intramolecular Hbond substituents is 1. The van der Waals surface area contributed by atoms with Gasteiger partial charge in [0.25, 0.3) is 0 Å². The summed E-state index contributed by atoms with van der Waals surface area (Å²) in [4.78, 5) is 12.5. The fourth-order valence-corrected chi connectivity index (χ4v) is 6.18. The number of hydrazone groups is 1. The average Bonchev–Trinajstić information content (AvgIpc) is 2.53. The minimum Gasteiger partial charge on any atom is -0.507 e. The van der Waals surface area contributed by atoms with Gasteiger partial charge in [0, 0.05) is 12.0 Å². The largest absolute Gasteiger partial charge is 0.507 e. The van der Waals surface area contributed by atoms with Crippen molar-refractivity contribution in [1.29, 1.82) is 0 Å². The topological polar surface area (TPSA) is 61.7 Å². The molecule has 0 aliphatic heterocycles. The van der Waals surface area contributed by atoms with Crippen LogP contribution in [0.3, 0.4) is 0 Å². The van der Waals surface area contributed by atoms with Crippen LogP contribution in [-0.4, -0.2) is 17.2 Å². The van der Waals surface area contributed by atoms with Gasteiger partial charge in [-0.3, -0.25) is 4.79 Å². The third-order valence-electron chi connectivity index (χ3n) is 6.99. The highest BCUT2D eigenvalue weighted by Gasteiger charge is 2.51. The molecule has 4 nitrogen and oxygen atoms in total. The number of hydrogen-bond acceptors (Lipinski definition) is 3. The second kappa shape index (κ2) is 6.65. The van der Waals surface area contributed by atoms with E-state index in [-0.39, 0.29) is 22.5 Å². The maximum Gasteiger partial charge on any atom is 0.240 e. The molecule has 0 radical (unpaired) electrons. The molecule has 146 valence electrons. The van der Waals surface area contributed by atoms with Crippen LogP contribution in [0.5, 0.6) is 5.75 Å². The maximum absolute atomic E-state index is 12.5. The first-order chi connectivity index (χ1) is 12.7. The van der Waals surface area contributed by atoms with E-state index >= 15 is 0 Å². The molecule has 27 heavy (non-hydrogen) atoms. The van der Waals surface area contributed by atoms with Crippen LogP contribution in [0, 0.1) is 23.2 Å². The molecule has 1 aromatic carbocycles. The number of rotatable bonds is 4. The van der Waals surface area contributed by atoms with Gasteiger partial charge in [-0.05, 0) is 84.8 Å². The van der Waals surface area contributed by atoms with Gasteiger partial charge in [-0.1, -0.05) is 26.8 Å². The van der Waals surface area contributed by atoms with E-state index < -0.39 is 0 Å². The first-order valence-electron chi connectivity index (χ1n) is 10.4. The number of amides is 1. The van der Waals surface area contributed by atoms with Gasteiger partial charge in [0.2, 0.25) is 5.91 Å². The first-order valence-corrected chi connectivity index (χ1v) is 10.4. The third-order valence-corrected chi connectivity index (χ3v) is 6.99. The van der Waals surface area contributed by atoms with Crippen LogP contribution in [0.25, 0.3) is 0 Å². The van der Waals surface area contributed by atoms with Gasteiger partial charge in [-0.15, -0.1) is 0 Å². The van der Waals surface area contributed by atoms with E-state index in [1.54, 1.807) is 12.3 Å². The number of nitrogens with one attached hydrogen (secondary N) is 1. The number of benzene rings is 1. The highest BCUT2D eigenvalue weighted by Crippen LogP contribution is 2.61. The molecule has 4 saturated carbocycles. The van der Waals surface area contributed by atoms with Gasteiger partial charge in [0.15, 0.2) is 0 Å². The van der Waals surface area contributed by atoms with E-state index in [4.69, 9.17) is 0 Å². The Bertz CT molecular complexity index is 725. The lowest BCUT2D eigenvalue weighted by atomic mass is 9.49. The summed E-state index contributed by atoms with van der Waals surface area (Å²) < 4.78 is 0. The van der Waals surface area contributed by atoms with E-state index in [2.05, 4.69) is 31.3 Å². The summed E-state index contributed by atoms with van der Waals surface area (Å²) in [5, 5.41) is 14.2. The zero-order valence-electron chi connectivity index (χ0n) is 16.8. The molecule has 4 bridgehead atoms. The molecular formula is C23H32N2O2. The van der Waals surface area contributed by atoms with Gasteiger partial charge in [0.05, 0.1) is 6.21 Å². The monoisotopic (exact) mass is 368 g/mol. The molecule has 0 atom stereocenters. The van der Waals surface area contributed by atoms with Crippen molar-refractivity contribution in [3.8, 4) is 5.75 Å². The standard InChI is InChI=1S/C23H32N2O2/c1-22(2,3)19-4-5-20(26)18(9-19)14-24-25-21(27)13-23-10-15-6-16(11-23)8-17(7-15)12-23/h4-5,9,14-17,26H,6-8,10-13H2,1-3H3,(H,25,27)/b24-14+. The lowest BCUT2D eigenvalue weighted by molar-refractivity contribution is -0.129. The SMILES string of the molecule is CC(C)(C)c1ccc(O)c(/C=N/NC(=O)CC23CC4CC(CC(C4)C2)C3)c1. The molecule has 0 aromatic heterocycles. The molecule has 1 amide bonds. The van der Waals surface area contributed by atoms with Crippen molar-refractivity contribution >= 4 is 12.1 Å². The van der Waals surface area contributed by atoms with Crippen molar-refractivity contribution in [2.45, 2.75) is 71.1 Å². The lowest BCUT2D eigenvalue weighted by Gasteiger charge is -2.56. The maximum atomic E-state index is 12.5. The number of hydrogen-bond donors (Lipinski definition) is 2. The van der Waals surface area contributed by atoms with Gasteiger partial charge < -0.3 is 5.11 Å². The fourth-order valence-electron chi connectivity index (χ4n) is 6.18. The number of aromatic hydroxyl groups is 1. The molecule has 4 fully saturated rings. The van der Waals surface area contributed by atoms with Crippen molar-refractivity contribution in [2.75, 3.05) is 0 Å². The molecule has 5 rings (SSSR count).